The molecule has 4 rings (SSSR count). The highest BCUT2D eigenvalue weighted by Crippen LogP contribution is 2.23. The molecule has 0 spiro atoms. The normalized spacial score (nSPS) is 14.7. The van der Waals surface area contributed by atoms with E-state index in [0.29, 0.717) is 23.8 Å². The van der Waals surface area contributed by atoms with Gasteiger partial charge in [0.25, 0.3) is 0 Å². The first-order valence-corrected chi connectivity index (χ1v) is 11.1. The Morgan fingerprint density at radius 1 is 1.03 bits per heavy atom. The lowest BCUT2D eigenvalue weighted by molar-refractivity contribution is -0.128. The van der Waals surface area contributed by atoms with E-state index in [4.69, 9.17) is 4.74 Å². The average molecular weight is 412 g/mol. The Morgan fingerprint density at radius 3 is 2.52 bits per heavy atom. The Labute approximate surface area is 174 Å². The SMILES string of the molecule is CCOc1ccc(-c2nnc3ccc(SCC(=O)N4CCCCCC4)nn23)cc1. The number of benzene rings is 1. The number of likely N-dealkylation sites (tertiary alicyclic amines) is 1. The summed E-state index contributed by atoms with van der Waals surface area (Å²) in [4.78, 5) is 14.5. The van der Waals surface area contributed by atoms with Gasteiger partial charge in [-0.25, -0.2) is 0 Å². The number of rotatable bonds is 6. The summed E-state index contributed by atoms with van der Waals surface area (Å²) in [5, 5.41) is 13.9. The summed E-state index contributed by atoms with van der Waals surface area (Å²) in [5.74, 6) is 2.08. The third kappa shape index (κ3) is 4.70. The fourth-order valence-corrected chi connectivity index (χ4v) is 4.20. The molecule has 3 heterocycles. The Morgan fingerprint density at radius 2 is 1.79 bits per heavy atom. The van der Waals surface area contributed by atoms with E-state index in [9.17, 15) is 4.79 Å². The highest BCUT2D eigenvalue weighted by molar-refractivity contribution is 7.99. The number of fused-ring (bicyclic) bond motifs is 1. The van der Waals surface area contributed by atoms with Crippen LogP contribution in [0.1, 0.15) is 32.6 Å². The van der Waals surface area contributed by atoms with E-state index in [1.807, 2.05) is 48.2 Å². The molecule has 0 radical (unpaired) electrons. The number of ether oxygens (including phenoxy) is 1. The molecule has 1 aliphatic heterocycles. The minimum atomic E-state index is 0.189. The molecule has 29 heavy (non-hydrogen) atoms. The summed E-state index contributed by atoms with van der Waals surface area (Å²) in [5.41, 5.74) is 1.59. The topological polar surface area (TPSA) is 72.6 Å². The smallest absolute Gasteiger partial charge is 0.232 e. The fraction of sp³-hybridized carbons (Fsp3) is 0.429. The Balaban J connectivity index is 1.48. The zero-order chi connectivity index (χ0) is 20.1. The van der Waals surface area contributed by atoms with Crippen LogP contribution in [0.25, 0.3) is 17.0 Å². The molecule has 7 nitrogen and oxygen atoms in total. The van der Waals surface area contributed by atoms with Crippen LogP contribution in [0.3, 0.4) is 0 Å². The van der Waals surface area contributed by atoms with E-state index in [2.05, 4.69) is 15.3 Å². The van der Waals surface area contributed by atoms with Crippen molar-refractivity contribution in [3.63, 3.8) is 0 Å². The van der Waals surface area contributed by atoms with Gasteiger partial charge in [0.15, 0.2) is 11.5 Å². The van der Waals surface area contributed by atoms with Crippen LogP contribution >= 0.6 is 11.8 Å². The van der Waals surface area contributed by atoms with E-state index in [-0.39, 0.29) is 5.91 Å². The van der Waals surface area contributed by atoms with Crippen molar-refractivity contribution in [3.8, 4) is 17.1 Å². The van der Waals surface area contributed by atoms with Crippen LogP contribution < -0.4 is 4.74 Å². The van der Waals surface area contributed by atoms with Gasteiger partial charge in [-0.15, -0.1) is 10.2 Å². The lowest BCUT2D eigenvalue weighted by Crippen LogP contribution is -2.33. The molecule has 0 aliphatic carbocycles. The van der Waals surface area contributed by atoms with Crippen LogP contribution in [-0.2, 0) is 4.79 Å². The van der Waals surface area contributed by atoms with Crippen molar-refractivity contribution in [2.45, 2.75) is 37.6 Å². The average Bonchev–Trinajstić information content (AvgIpc) is 2.97. The number of carbonyl (C=O) groups excluding carboxylic acids is 1. The van der Waals surface area contributed by atoms with Gasteiger partial charge in [-0.05, 0) is 56.2 Å². The molecular formula is C21H25N5O2S. The third-order valence-corrected chi connectivity index (χ3v) is 5.87. The summed E-state index contributed by atoms with van der Waals surface area (Å²) < 4.78 is 7.23. The summed E-state index contributed by atoms with van der Waals surface area (Å²) >= 11 is 1.46. The van der Waals surface area contributed by atoms with Gasteiger partial charge < -0.3 is 9.64 Å². The van der Waals surface area contributed by atoms with E-state index < -0.39 is 0 Å². The zero-order valence-electron chi connectivity index (χ0n) is 16.6. The molecule has 1 amide bonds. The molecule has 2 aromatic heterocycles. The number of hydrogen-bond acceptors (Lipinski definition) is 6. The predicted molar refractivity (Wildman–Crippen MR) is 113 cm³/mol. The molecule has 152 valence electrons. The number of hydrogen-bond donors (Lipinski definition) is 0. The molecule has 0 unspecified atom stereocenters. The zero-order valence-corrected chi connectivity index (χ0v) is 17.4. The largest absolute Gasteiger partial charge is 0.494 e. The summed E-state index contributed by atoms with van der Waals surface area (Å²) in [6, 6.07) is 11.5. The molecule has 0 bridgehead atoms. The monoisotopic (exact) mass is 411 g/mol. The molecular weight excluding hydrogens is 386 g/mol. The molecule has 0 saturated carbocycles. The van der Waals surface area contributed by atoms with Crippen molar-refractivity contribution < 1.29 is 9.53 Å². The van der Waals surface area contributed by atoms with Gasteiger partial charge in [-0.2, -0.15) is 9.61 Å². The van der Waals surface area contributed by atoms with Gasteiger partial charge >= 0.3 is 0 Å². The van der Waals surface area contributed by atoms with Crippen LogP contribution in [0.5, 0.6) is 5.75 Å². The maximum Gasteiger partial charge on any atom is 0.232 e. The van der Waals surface area contributed by atoms with Gasteiger partial charge in [0, 0.05) is 18.7 Å². The highest BCUT2D eigenvalue weighted by atomic mass is 32.2. The predicted octanol–water partition coefficient (Wildman–Crippen LogP) is 3.68. The van der Waals surface area contributed by atoms with Gasteiger partial charge in [-0.3, -0.25) is 4.79 Å². The van der Waals surface area contributed by atoms with Crippen molar-refractivity contribution in [2.75, 3.05) is 25.4 Å². The van der Waals surface area contributed by atoms with E-state index in [1.165, 1.54) is 24.6 Å². The number of aromatic nitrogens is 4. The van der Waals surface area contributed by atoms with E-state index >= 15 is 0 Å². The van der Waals surface area contributed by atoms with E-state index in [0.717, 1.165) is 42.3 Å². The van der Waals surface area contributed by atoms with Crippen LogP contribution in [0, 0.1) is 0 Å². The van der Waals surface area contributed by atoms with Gasteiger partial charge in [0.2, 0.25) is 5.91 Å². The fourth-order valence-electron chi connectivity index (χ4n) is 3.44. The molecule has 1 aliphatic rings. The number of nitrogens with zero attached hydrogens (tertiary/aromatic N) is 5. The summed E-state index contributed by atoms with van der Waals surface area (Å²) in [7, 11) is 0. The first-order chi connectivity index (χ1) is 14.2. The van der Waals surface area contributed by atoms with Gasteiger partial charge in [0.1, 0.15) is 10.8 Å². The maximum absolute atomic E-state index is 12.5. The maximum atomic E-state index is 12.5. The third-order valence-electron chi connectivity index (χ3n) is 4.96. The molecule has 8 heteroatoms. The first kappa shape index (κ1) is 19.7. The van der Waals surface area contributed by atoms with Crippen molar-refractivity contribution in [3.05, 3.63) is 36.4 Å². The van der Waals surface area contributed by atoms with Gasteiger partial charge in [-0.1, -0.05) is 24.6 Å². The van der Waals surface area contributed by atoms with Crippen LogP contribution in [0.4, 0.5) is 0 Å². The minimum absolute atomic E-state index is 0.189. The van der Waals surface area contributed by atoms with Crippen molar-refractivity contribution >= 4 is 23.3 Å². The van der Waals surface area contributed by atoms with Crippen LogP contribution in [-0.4, -0.2) is 56.1 Å². The van der Waals surface area contributed by atoms with Crippen molar-refractivity contribution in [2.24, 2.45) is 0 Å². The summed E-state index contributed by atoms with van der Waals surface area (Å²) in [6.07, 6.45) is 4.65. The number of carbonyl (C=O) groups is 1. The van der Waals surface area contributed by atoms with Gasteiger partial charge in [0.05, 0.1) is 12.4 Å². The second-order valence-electron chi connectivity index (χ2n) is 7.01. The van der Waals surface area contributed by atoms with E-state index in [1.54, 1.807) is 4.52 Å². The van der Waals surface area contributed by atoms with Crippen LogP contribution in [0.15, 0.2) is 41.4 Å². The molecule has 1 saturated heterocycles. The quantitative estimate of drug-likeness (QED) is 0.576. The second-order valence-corrected chi connectivity index (χ2v) is 8.00. The standard InChI is InChI=1S/C21H25N5O2S/c1-2-28-17-9-7-16(8-10-17)21-23-22-18-11-12-19(24-26(18)21)29-15-20(27)25-13-5-3-4-6-14-25/h7-12H,2-6,13-15H2,1H3. The second kappa shape index (κ2) is 9.26. The summed E-state index contributed by atoms with van der Waals surface area (Å²) in [6.45, 7) is 4.34. The Kier molecular flexibility index (Phi) is 6.29. The first-order valence-electron chi connectivity index (χ1n) is 10.1. The Hall–Kier alpha value is -2.61. The Bertz CT molecular complexity index is 965. The molecule has 0 N–H and O–H groups in total. The lowest BCUT2D eigenvalue weighted by Gasteiger charge is -2.19. The number of amides is 1. The molecule has 1 fully saturated rings. The lowest BCUT2D eigenvalue weighted by atomic mass is 10.2. The van der Waals surface area contributed by atoms with Crippen molar-refractivity contribution in [1.29, 1.82) is 0 Å². The van der Waals surface area contributed by atoms with Crippen molar-refractivity contribution in [1.82, 2.24) is 24.7 Å². The molecule has 0 atom stereocenters. The highest BCUT2D eigenvalue weighted by Gasteiger charge is 2.16. The minimum Gasteiger partial charge on any atom is -0.494 e. The van der Waals surface area contributed by atoms with Crippen LogP contribution in [0.2, 0.25) is 0 Å². The molecule has 1 aromatic carbocycles. The molecule has 3 aromatic rings. The number of thioether (sulfide) groups is 1.